The summed E-state index contributed by atoms with van der Waals surface area (Å²) in [4.78, 5) is 2.53. The summed E-state index contributed by atoms with van der Waals surface area (Å²) < 4.78 is 5.03. The van der Waals surface area contributed by atoms with Crippen molar-refractivity contribution in [3.05, 3.63) is 0 Å². The van der Waals surface area contributed by atoms with E-state index in [-0.39, 0.29) is 0 Å². The largest absolute Gasteiger partial charge is 0.385 e. The number of rotatable bonds is 6. The Labute approximate surface area is 94.0 Å². The molecule has 90 valence electrons. The standard InChI is InChI=1S/C12H26N2O/c1-15-10-6-7-12(13)11-14-8-4-2-3-5-9-14/h12H,2-11,13H2,1H3. The smallest absolute Gasteiger partial charge is 0.0462 e. The van der Waals surface area contributed by atoms with Gasteiger partial charge in [-0.15, -0.1) is 0 Å². The number of hydrogen-bond donors (Lipinski definition) is 1. The Balaban J connectivity index is 2.09. The number of hydrogen-bond acceptors (Lipinski definition) is 3. The third-order valence-electron chi connectivity index (χ3n) is 3.11. The Morgan fingerprint density at radius 3 is 2.47 bits per heavy atom. The van der Waals surface area contributed by atoms with Crippen molar-refractivity contribution in [2.24, 2.45) is 5.73 Å². The molecular weight excluding hydrogens is 188 g/mol. The molecule has 1 heterocycles. The van der Waals surface area contributed by atoms with Gasteiger partial charge in [0.15, 0.2) is 0 Å². The van der Waals surface area contributed by atoms with E-state index in [2.05, 4.69) is 4.90 Å². The van der Waals surface area contributed by atoms with Gasteiger partial charge in [0.1, 0.15) is 0 Å². The molecule has 1 atom stereocenters. The van der Waals surface area contributed by atoms with Gasteiger partial charge in [-0.1, -0.05) is 12.8 Å². The normalized spacial score (nSPS) is 21.2. The molecule has 0 radical (unpaired) electrons. The molecule has 0 aromatic carbocycles. The van der Waals surface area contributed by atoms with Gasteiger partial charge in [-0.2, -0.15) is 0 Å². The zero-order chi connectivity index (χ0) is 10.9. The van der Waals surface area contributed by atoms with Crippen LogP contribution in [0.1, 0.15) is 38.5 Å². The van der Waals surface area contributed by atoms with Crippen molar-refractivity contribution in [1.29, 1.82) is 0 Å². The van der Waals surface area contributed by atoms with E-state index in [1.54, 1.807) is 7.11 Å². The van der Waals surface area contributed by atoms with E-state index in [0.29, 0.717) is 6.04 Å². The summed E-state index contributed by atoms with van der Waals surface area (Å²) >= 11 is 0. The highest BCUT2D eigenvalue weighted by molar-refractivity contribution is 4.70. The number of nitrogens with zero attached hydrogens (tertiary/aromatic N) is 1. The third kappa shape index (κ3) is 6.13. The van der Waals surface area contributed by atoms with Gasteiger partial charge >= 0.3 is 0 Å². The highest BCUT2D eigenvalue weighted by Gasteiger charge is 2.12. The van der Waals surface area contributed by atoms with Gasteiger partial charge in [-0.05, 0) is 38.8 Å². The average Bonchev–Trinajstić information content (AvgIpc) is 2.47. The van der Waals surface area contributed by atoms with E-state index < -0.39 is 0 Å². The predicted molar refractivity (Wildman–Crippen MR) is 64.0 cm³/mol. The molecule has 2 N–H and O–H groups in total. The Morgan fingerprint density at radius 2 is 1.87 bits per heavy atom. The van der Waals surface area contributed by atoms with Crippen LogP contribution >= 0.6 is 0 Å². The maximum Gasteiger partial charge on any atom is 0.0462 e. The molecule has 0 aromatic heterocycles. The second kappa shape index (κ2) is 8.08. The molecule has 1 fully saturated rings. The minimum Gasteiger partial charge on any atom is -0.385 e. The lowest BCUT2D eigenvalue weighted by Crippen LogP contribution is -2.38. The Morgan fingerprint density at radius 1 is 1.20 bits per heavy atom. The number of nitrogens with two attached hydrogens (primary N) is 1. The second-order valence-electron chi connectivity index (χ2n) is 4.61. The Kier molecular flexibility index (Phi) is 6.98. The number of likely N-dealkylation sites (tertiary alicyclic amines) is 1. The van der Waals surface area contributed by atoms with Gasteiger partial charge < -0.3 is 15.4 Å². The third-order valence-corrected chi connectivity index (χ3v) is 3.11. The zero-order valence-electron chi connectivity index (χ0n) is 10.1. The van der Waals surface area contributed by atoms with Gasteiger partial charge in [0.25, 0.3) is 0 Å². The van der Waals surface area contributed by atoms with Gasteiger partial charge in [0.05, 0.1) is 0 Å². The lowest BCUT2D eigenvalue weighted by Gasteiger charge is -2.23. The van der Waals surface area contributed by atoms with E-state index >= 15 is 0 Å². The molecule has 15 heavy (non-hydrogen) atoms. The molecule has 0 saturated carbocycles. The minimum atomic E-state index is 0.332. The van der Waals surface area contributed by atoms with Crippen molar-refractivity contribution in [3.63, 3.8) is 0 Å². The van der Waals surface area contributed by atoms with E-state index in [9.17, 15) is 0 Å². The highest BCUT2D eigenvalue weighted by Crippen LogP contribution is 2.10. The van der Waals surface area contributed by atoms with Crippen LogP contribution in [-0.2, 0) is 4.74 Å². The van der Waals surface area contributed by atoms with Crippen LogP contribution in [0.2, 0.25) is 0 Å². The molecule has 0 aliphatic carbocycles. The topological polar surface area (TPSA) is 38.5 Å². The van der Waals surface area contributed by atoms with Crippen molar-refractivity contribution in [2.45, 2.75) is 44.6 Å². The SMILES string of the molecule is COCCCC(N)CN1CCCCCC1. The maximum absolute atomic E-state index is 6.10. The van der Waals surface area contributed by atoms with Crippen molar-refractivity contribution < 1.29 is 4.74 Å². The van der Waals surface area contributed by atoms with E-state index in [0.717, 1.165) is 26.0 Å². The summed E-state index contributed by atoms with van der Waals surface area (Å²) in [5.41, 5.74) is 6.10. The van der Waals surface area contributed by atoms with Crippen LogP contribution in [-0.4, -0.2) is 44.3 Å². The summed E-state index contributed by atoms with van der Waals surface area (Å²) in [6, 6.07) is 0.332. The minimum absolute atomic E-state index is 0.332. The van der Waals surface area contributed by atoms with Crippen LogP contribution in [0.4, 0.5) is 0 Å². The monoisotopic (exact) mass is 214 g/mol. The van der Waals surface area contributed by atoms with Crippen LogP contribution < -0.4 is 5.73 Å². The first kappa shape index (κ1) is 12.9. The van der Waals surface area contributed by atoms with E-state index in [1.807, 2.05) is 0 Å². The zero-order valence-corrected chi connectivity index (χ0v) is 10.1. The first-order valence-electron chi connectivity index (χ1n) is 6.30. The quantitative estimate of drug-likeness (QED) is 0.683. The molecule has 3 heteroatoms. The van der Waals surface area contributed by atoms with Crippen molar-refractivity contribution in [1.82, 2.24) is 4.90 Å². The molecule has 1 aliphatic rings. The Hall–Kier alpha value is -0.120. The first-order valence-corrected chi connectivity index (χ1v) is 6.30. The molecule has 0 bridgehead atoms. The fourth-order valence-electron chi connectivity index (χ4n) is 2.23. The summed E-state index contributed by atoms with van der Waals surface area (Å²) in [6.07, 6.45) is 7.68. The van der Waals surface area contributed by atoms with Gasteiger partial charge in [0.2, 0.25) is 0 Å². The van der Waals surface area contributed by atoms with Crippen LogP contribution in [0.15, 0.2) is 0 Å². The van der Waals surface area contributed by atoms with Gasteiger partial charge in [-0.3, -0.25) is 0 Å². The molecule has 0 spiro atoms. The van der Waals surface area contributed by atoms with Crippen molar-refractivity contribution >= 4 is 0 Å². The number of methoxy groups -OCH3 is 1. The molecule has 1 rings (SSSR count). The fraction of sp³-hybridized carbons (Fsp3) is 1.00. The lowest BCUT2D eigenvalue weighted by molar-refractivity contribution is 0.185. The summed E-state index contributed by atoms with van der Waals surface area (Å²) in [7, 11) is 1.75. The molecular formula is C12H26N2O. The maximum atomic E-state index is 6.10. The van der Waals surface area contributed by atoms with Crippen LogP contribution in [0, 0.1) is 0 Å². The summed E-state index contributed by atoms with van der Waals surface area (Å²) in [5.74, 6) is 0. The molecule has 0 amide bonds. The van der Waals surface area contributed by atoms with Gasteiger partial charge in [-0.25, -0.2) is 0 Å². The van der Waals surface area contributed by atoms with Crippen molar-refractivity contribution in [2.75, 3.05) is 33.4 Å². The molecule has 3 nitrogen and oxygen atoms in total. The summed E-state index contributed by atoms with van der Waals surface area (Å²) in [5, 5.41) is 0. The average molecular weight is 214 g/mol. The van der Waals surface area contributed by atoms with Crippen molar-refractivity contribution in [3.8, 4) is 0 Å². The summed E-state index contributed by atoms with van der Waals surface area (Å²) in [6.45, 7) is 4.41. The van der Waals surface area contributed by atoms with Crippen LogP contribution in [0.3, 0.4) is 0 Å². The van der Waals surface area contributed by atoms with E-state index in [1.165, 1.54) is 38.8 Å². The predicted octanol–water partition coefficient (Wildman–Crippen LogP) is 1.62. The number of ether oxygens (including phenoxy) is 1. The van der Waals surface area contributed by atoms with Gasteiger partial charge in [0, 0.05) is 26.3 Å². The van der Waals surface area contributed by atoms with Crippen LogP contribution in [0.5, 0.6) is 0 Å². The Bertz CT molecular complexity index is 145. The second-order valence-corrected chi connectivity index (χ2v) is 4.61. The molecule has 1 unspecified atom stereocenters. The molecule has 1 saturated heterocycles. The molecule has 1 aliphatic heterocycles. The lowest BCUT2D eigenvalue weighted by atomic mass is 10.1. The molecule has 0 aromatic rings. The first-order chi connectivity index (χ1) is 7.33. The highest BCUT2D eigenvalue weighted by atomic mass is 16.5. The fourth-order valence-corrected chi connectivity index (χ4v) is 2.23. The van der Waals surface area contributed by atoms with Crippen LogP contribution in [0.25, 0.3) is 0 Å². The van der Waals surface area contributed by atoms with E-state index in [4.69, 9.17) is 10.5 Å².